The van der Waals surface area contributed by atoms with E-state index in [1.165, 1.54) is 12.8 Å². The summed E-state index contributed by atoms with van der Waals surface area (Å²) >= 11 is 1.60. The number of rotatable bonds is 4. The molecule has 0 amide bonds. The van der Waals surface area contributed by atoms with E-state index >= 15 is 0 Å². The van der Waals surface area contributed by atoms with Crippen molar-refractivity contribution < 1.29 is 5.11 Å². The number of nitrogens with zero attached hydrogens (tertiary/aromatic N) is 4. The first kappa shape index (κ1) is 13.2. The van der Waals surface area contributed by atoms with Gasteiger partial charge in [0.1, 0.15) is 5.75 Å². The molecule has 1 aliphatic rings. The molecule has 1 aromatic heterocycles. The molecular weight excluding hydrogens is 274 g/mol. The third kappa shape index (κ3) is 2.72. The SMILES string of the molecule is Nc1cc(CSc2nnnn2C2CCCC2)ccc1O. The lowest BCUT2D eigenvalue weighted by molar-refractivity contribution is 0.423. The molecule has 0 radical (unpaired) electrons. The van der Waals surface area contributed by atoms with Gasteiger partial charge < -0.3 is 10.8 Å². The van der Waals surface area contributed by atoms with Gasteiger partial charge in [0, 0.05) is 5.75 Å². The van der Waals surface area contributed by atoms with Gasteiger partial charge in [-0.3, -0.25) is 0 Å². The zero-order valence-electron chi connectivity index (χ0n) is 11.1. The van der Waals surface area contributed by atoms with E-state index in [2.05, 4.69) is 15.5 Å². The van der Waals surface area contributed by atoms with Crippen molar-refractivity contribution in [3.05, 3.63) is 23.8 Å². The number of aromatic nitrogens is 4. The number of hydrogen-bond donors (Lipinski definition) is 2. The molecule has 0 unspecified atom stereocenters. The third-order valence-corrected chi connectivity index (χ3v) is 4.60. The van der Waals surface area contributed by atoms with Gasteiger partial charge >= 0.3 is 0 Å². The van der Waals surface area contributed by atoms with E-state index in [9.17, 15) is 5.11 Å². The van der Waals surface area contributed by atoms with E-state index in [4.69, 9.17) is 5.73 Å². The number of phenolic OH excluding ortho intramolecular Hbond substituents is 1. The van der Waals surface area contributed by atoms with Crippen LogP contribution in [0.25, 0.3) is 0 Å². The van der Waals surface area contributed by atoms with Crippen molar-refractivity contribution in [2.75, 3.05) is 5.73 Å². The normalized spacial score (nSPS) is 15.8. The van der Waals surface area contributed by atoms with Crippen molar-refractivity contribution in [2.24, 2.45) is 0 Å². The number of benzene rings is 1. The van der Waals surface area contributed by atoms with Gasteiger partial charge in [0.05, 0.1) is 11.7 Å². The van der Waals surface area contributed by atoms with Gasteiger partial charge in [-0.15, -0.1) is 5.10 Å². The maximum absolute atomic E-state index is 9.42. The highest BCUT2D eigenvalue weighted by Crippen LogP contribution is 2.32. The molecule has 0 spiro atoms. The summed E-state index contributed by atoms with van der Waals surface area (Å²) in [7, 11) is 0. The number of thioether (sulfide) groups is 1. The predicted octanol–water partition coefficient (Wildman–Crippen LogP) is 2.37. The molecule has 6 nitrogen and oxygen atoms in total. The van der Waals surface area contributed by atoms with E-state index < -0.39 is 0 Å². The first-order chi connectivity index (χ1) is 9.74. The maximum atomic E-state index is 9.42. The van der Waals surface area contributed by atoms with Crippen molar-refractivity contribution in [3.8, 4) is 5.75 Å². The average Bonchev–Trinajstić information content (AvgIpc) is 3.09. The molecule has 1 saturated carbocycles. The van der Waals surface area contributed by atoms with Crippen LogP contribution >= 0.6 is 11.8 Å². The summed E-state index contributed by atoms with van der Waals surface area (Å²) in [6.45, 7) is 0. The minimum Gasteiger partial charge on any atom is -0.506 e. The lowest BCUT2D eigenvalue weighted by atomic mass is 10.2. The van der Waals surface area contributed by atoms with Crippen molar-refractivity contribution >= 4 is 17.4 Å². The summed E-state index contributed by atoms with van der Waals surface area (Å²) in [5, 5.41) is 22.3. The van der Waals surface area contributed by atoms with Crippen molar-refractivity contribution in [3.63, 3.8) is 0 Å². The van der Waals surface area contributed by atoms with Crippen LogP contribution in [-0.4, -0.2) is 25.3 Å². The number of hydrogen-bond acceptors (Lipinski definition) is 6. The molecule has 20 heavy (non-hydrogen) atoms. The van der Waals surface area contributed by atoms with Crippen LogP contribution in [0.5, 0.6) is 5.75 Å². The summed E-state index contributed by atoms with van der Waals surface area (Å²) in [6.07, 6.45) is 4.82. The number of anilines is 1. The number of nitrogen functional groups attached to an aromatic ring is 1. The van der Waals surface area contributed by atoms with Gasteiger partial charge in [-0.1, -0.05) is 30.7 Å². The van der Waals surface area contributed by atoms with Crippen molar-refractivity contribution in [1.29, 1.82) is 0 Å². The minimum atomic E-state index is 0.120. The maximum Gasteiger partial charge on any atom is 0.209 e. The molecule has 0 saturated heterocycles. The fraction of sp³-hybridized carbons (Fsp3) is 0.462. The van der Waals surface area contributed by atoms with Crippen molar-refractivity contribution in [2.45, 2.75) is 42.6 Å². The summed E-state index contributed by atoms with van der Waals surface area (Å²) in [4.78, 5) is 0. The third-order valence-electron chi connectivity index (χ3n) is 3.59. The van der Waals surface area contributed by atoms with Gasteiger partial charge in [-0.2, -0.15) is 0 Å². The molecule has 1 aromatic carbocycles. The fourth-order valence-corrected chi connectivity index (χ4v) is 3.39. The molecule has 1 aliphatic carbocycles. The number of phenols is 1. The molecule has 7 heteroatoms. The van der Waals surface area contributed by atoms with Gasteiger partial charge in [0.2, 0.25) is 5.16 Å². The molecule has 0 aliphatic heterocycles. The van der Waals surface area contributed by atoms with Gasteiger partial charge in [0.25, 0.3) is 0 Å². The Morgan fingerprint density at radius 3 is 2.90 bits per heavy atom. The topological polar surface area (TPSA) is 89.9 Å². The van der Waals surface area contributed by atoms with E-state index in [1.807, 2.05) is 10.7 Å². The van der Waals surface area contributed by atoms with E-state index in [-0.39, 0.29) is 5.75 Å². The second-order valence-corrected chi connectivity index (χ2v) is 5.97. The summed E-state index contributed by atoms with van der Waals surface area (Å²) in [5.41, 5.74) is 7.14. The Bertz CT molecular complexity index is 594. The molecule has 0 atom stereocenters. The zero-order chi connectivity index (χ0) is 13.9. The summed E-state index contributed by atoms with van der Waals surface area (Å²) in [6, 6.07) is 5.71. The predicted molar refractivity (Wildman–Crippen MR) is 77.4 cm³/mol. The highest BCUT2D eigenvalue weighted by molar-refractivity contribution is 7.98. The fourth-order valence-electron chi connectivity index (χ4n) is 2.50. The Hall–Kier alpha value is -1.76. The highest BCUT2D eigenvalue weighted by atomic mass is 32.2. The Morgan fingerprint density at radius 2 is 2.15 bits per heavy atom. The van der Waals surface area contributed by atoms with E-state index in [1.54, 1.807) is 23.9 Å². The standard InChI is InChI=1S/C13H17N5OS/c14-11-7-9(5-6-12(11)19)8-20-13-15-16-17-18(13)10-3-1-2-4-10/h5-7,10,19H,1-4,8,14H2. The molecule has 1 fully saturated rings. The van der Waals surface area contributed by atoms with Crippen LogP contribution in [0.3, 0.4) is 0 Å². The number of tetrazole rings is 1. The number of nitrogens with two attached hydrogens (primary N) is 1. The van der Waals surface area contributed by atoms with Gasteiger partial charge in [-0.25, -0.2) is 4.68 Å². The first-order valence-corrected chi connectivity index (χ1v) is 7.70. The highest BCUT2D eigenvalue weighted by Gasteiger charge is 2.21. The van der Waals surface area contributed by atoms with Crippen LogP contribution in [0.15, 0.2) is 23.4 Å². The van der Waals surface area contributed by atoms with Gasteiger partial charge in [-0.05, 0) is 41.0 Å². The largest absolute Gasteiger partial charge is 0.506 e. The quantitative estimate of drug-likeness (QED) is 0.510. The molecule has 0 bridgehead atoms. The second kappa shape index (κ2) is 5.70. The first-order valence-electron chi connectivity index (χ1n) is 6.72. The van der Waals surface area contributed by atoms with Crippen LogP contribution in [0.1, 0.15) is 37.3 Å². The van der Waals surface area contributed by atoms with E-state index in [0.717, 1.165) is 29.3 Å². The molecule has 106 valence electrons. The molecule has 3 rings (SSSR count). The Labute approximate surface area is 121 Å². The zero-order valence-corrected chi connectivity index (χ0v) is 11.9. The monoisotopic (exact) mass is 291 g/mol. The van der Waals surface area contributed by atoms with E-state index in [0.29, 0.717) is 11.7 Å². The lowest BCUT2D eigenvalue weighted by Crippen LogP contribution is -2.08. The Morgan fingerprint density at radius 1 is 1.35 bits per heavy atom. The number of aromatic hydroxyl groups is 1. The van der Waals surface area contributed by atoms with Crippen molar-refractivity contribution in [1.82, 2.24) is 20.2 Å². The van der Waals surface area contributed by atoms with Gasteiger partial charge in [0.15, 0.2) is 0 Å². The lowest BCUT2D eigenvalue weighted by Gasteiger charge is -2.10. The molecular formula is C13H17N5OS. The smallest absolute Gasteiger partial charge is 0.209 e. The van der Waals surface area contributed by atoms with Crippen LogP contribution in [0.4, 0.5) is 5.69 Å². The van der Waals surface area contributed by atoms with Crippen LogP contribution < -0.4 is 5.73 Å². The Kier molecular flexibility index (Phi) is 3.77. The molecule has 2 aromatic rings. The van der Waals surface area contributed by atoms with Crippen LogP contribution in [-0.2, 0) is 5.75 Å². The molecule has 3 N–H and O–H groups in total. The Balaban J connectivity index is 1.69. The van der Waals surface area contributed by atoms with Crippen LogP contribution in [0, 0.1) is 0 Å². The average molecular weight is 291 g/mol. The summed E-state index contributed by atoms with van der Waals surface area (Å²) in [5.74, 6) is 0.854. The second-order valence-electron chi connectivity index (χ2n) is 5.03. The molecule has 1 heterocycles. The minimum absolute atomic E-state index is 0.120. The summed E-state index contributed by atoms with van der Waals surface area (Å²) < 4.78 is 1.95. The van der Waals surface area contributed by atoms with Crippen LogP contribution in [0.2, 0.25) is 0 Å².